The summed E-state index contributed by atoms with van der Waals surface area (Å²) in [6, 6.07) is 0. The van der Waals surface area contributed by atoms with E-state index in [0.29, 0.717) is 18.9 Å². The topological polar surface area (TPSA) is 49.7 Å². The summed E-state index contributed by atoms with van der Waals surface area (Å²) in [7, 11) is -3.66. The van der Waals surface area contributed by atoms with Gasteiger partial charge in [0.15, 0.2) is 0 Å². The Hall–Kier alpha value is 0.310. The van der Waals surface area contributed by atoms with Crippen LogP contribution in [-0.4, -0.2) is 28.7 Å². The molecule has 4 heteroatoms. The zero-order chi connectivity index (χ0) is 8.28. The summed E-state index contributed by atoms with van der Waals surface area (Å²) in [6.07, 6.45) is 0.631. The van der Waals surface area contributed by atoms with Gasteiger partial charge in [-0.3, -0.25) is 0 Å². The van der Waals surface area contributed by atoms with Gasteiger partial charge in [0.1, 0.15) is 0 Å². The Kier molecular flexibility index (Phi) is 3.24. The van der Waals surface area contributed by atoms with Crippen LogP contribution in [0.3, 0.4) is 0 Å². The molecular formula is C6H17O3P. The molecule has 2 N–H and O–H groups in total. The zero-order valence-corrected chi connectivity index (χ0v) is 7.77. The summed E-state index contributed by atoms with van der Waals surface area (Å²) in [4.78, 5) is 19.1. The quantitative estimate of drug-likeness (QED) is 0.623. The molecule has 0 aromatic carbocycles. The Morgan fingerprint density at radius 2 is 1.50 bits per heavy atom. The number of rotatable bonds is 4. The van der Waals surface area contributed by atoms with E-state index in [1.54, 1.807) is 20.8 Å². The second-order valence-corrected chi connectivity index (χ2v) is 6.47. The fourth-order valence-corrected chi connectivity index (χ4v) is 2.11. The van der Waals surface area contributed by atoms with Crippen molar-refractivity contribution in [2.24, 2.45) is 0 Å². The van der Waals surface area contributed by atoms with Gasteiger partial charge in [-0.15, -0.1) is 0 Å². The van der Waals surface area contributed by atoms with Crippen LogP contribution in [-0.2, 0) is 4.52 Å². The molecule has 10 heavy (non-hydrogen) atoms. The van der Waals surface area contributed by atoms with Crippen molar-refractivity contribution in [2.75, 3.05) is 18.9 Å². The molecule has 0 rings (SSSR count). The van der Waals surface area contributed by atoms with E-state index in [1.807, 2.05) is 0 Å². The van der Waals surface area contributed by atoms with E-state index >= 15 is 0 Å². The van der Waals surface area contributed by atoms with Gasteiger partial charge in [-0.05, 0) is 0 Å². The third-order valence-corrected chi connectivity index (χ3v) is 5.09. The summed E-state index contributed by atoms with van der Waals surface area (Å²) in [5.41, 5.74) is 0. The molecule has 0 atom stereocenters. The Bertz CT molecular complexity index is 106. The molecule has 0 radical (unpaired) electrons. The third-order valence-electron chi connectivity index (χ3n) is 1.70. The van der Waals surface area contributed by atoms with Crippen LogP contribution in [0.1, 0.15) is 20.8 Å². The van der Waals surface area contributed by atoms with Crippen LogP contribution in [0.5, 0.6) is 0 Å². The van der Waals surface area contributed by atoms with Crippen LogP contribution in [0.15, 0.2) is 0 Å². The van der Waals surface area contributed by atoms with Crippen LogP contribution in [0.4, 0.5) is 0 Å². The van der Waals surface area contributed by atoms with Gasteiger partial charge in [0.05, 0.1) is 0 Å². The van der Waals surface area contributed by atoms with Crippen LogP contribution < -0.4 is 0 Å². The minimum atomic E-state index is -3.66. The molecule has 0 unspecified atom stereocenters. The molecule has 0 amide bonds. The first-order valence-corrected chi connectivity index (χ1v) is 6.06. The minimum absolute atomic E-state index is 0.315. The van der Waals surface area contributed by atoms with Crippen molar-refractivity contribution in [1.29, 1.82) is 0 Å². The zero-order valence-electron chi connectivity index (χ0n) is 6.87. The van der Waals surface area contributed by atoms with E-state index in [1.165, 1.54) is 0 Å². The van der Waals surface area contributed by atoms with Gasteiger partial charge in [-0.25, -0.2) is 0 Å². The predicted octanol–water partition coefficient (Wildman–Crippen LogP) is 1.35. The Labute approximate surface area is 62.2 Å². The van der Waals surface area contributed by atoms with Crippen molar-refractivity contribution in [1.82, 2.24) is 0 Å². The molecule has 0 heterocycles. The van der Waals surface area contributed by atoms with Crippen molar-refractivity contribution in [3.8, 4) is 0 Å². The predicted molar refractivity (Wildman–Crippen MR) is 44.1 cm³/mol. The van der Waals surface area contributed by atoms with Crippen LogP contribution in [0.2, 0.25) is 0 Å². The molecule has 0 aliphatic heterocycles. The maximum absolute atomic E-state index is 9.56. The molecule has 0 bridgehead atoms. The van der Waals surface area contributed by atoms with E-state index in [2.05, 4.69) is 0 Å². The molecule has 0 aromatic heterocycles. The third kappa shape index (κ3) is 2.51. The van der Waals surface area contributed by atoms with Gasteiger partial charge in [0, 0.05) is 0 Å². The van der Waals surface area contributed by atoms with Gasteiger partial charge in [-0.2, -0.15) is 0 Å². The van der Waals surface area contributed by atoms with Crippen LogP contribution in [0.25, 0.3) is 0 Å². The SMILES string of the molecule is CCOP(O)(O)(CC)CC. The van der Waals surface area contributed by atoms with Gasteiger partial charge >= 0.3 is 61.3 Å². The van der Waals surface area contributed by atoms with Crippen molar-refractivity contribution in [2.45, 2.75) is 20.8 Å². The molecule has 0 spiro atoms. The standard InChI is InChI=1S/C6H17O3P/c1-4-9-10(7,8,5-2)6-3/h7-8H,4-6H2,1-3H3. The van der Waals surface area contributed by atoms with Gasteiger partial charge in [-0.1, -0.05) is 0 Å². The van der Waals surface area contributed by atoms with Crippen molar-refractivity contribution in [3.05, 3.63) is 0 Å². The maximum atomic E-state index is 9.56. The first-order chi connectivity index (χ1) is 4.46. The van der Waals surface area contributed by atoms with Gasteiger partial charge < -0.3 is 0 Å². The molecule has 64 valence electrons. The molecule has 0 saturated heterocycles. The molecular weight excluding hydrogens is 151 g/mol. The van der Waals surface area contributed by atoms with E-state index in [4.69, 9.17) is 4.52 Å². The summed E-state index contributed by atoms with van der Waals surface area (Å²) in [6.45, 7) is 5.60. The second kappa shape index (κ2) is 3.14. The summed E-state index contributed by atoms with van der Waals surface area (Å²) in [5, 5.41) is 0. The van der Waals surface area contributed by atoms with Crippen LogP contribution >= 0.6 is 7.28 Å². The van der Waals surface area contributed by atoms with E-state index in [0.717, 1.165) is 0 Å². The van der Waals surface area contributed by atoms with Crippen molar-refractivity contribution >= 4 is 7.28 Å². The molecule has 3 nitrogen and oxygen atoms in total. The Morgan fingerprint density at radius 3 is 1.60 bits per heavy atom. The van der Waals surface area contributed by atoms with Crippen molar-refractivity contribution in [3.63, 3.8) is 0 Å². The van der Waals surface area contributed by atoms with E-state index in [-0.39, 0.29) is 0 Å². The molecule has 0 fully saturated rings. The van der Waals surface area contributed by atoms with Gasteiger partial charge in [0.2, 0.25) is 0 Å². The summed E-state index contributed by atoms with van der Waals surface area (Å²) >= 11 is 0. The average Bonchev–Trinajstić information content (AvgIpc) is 1.90. The average molecular weight is 168 g/mol. The van der Waals surface area contributed by atoms with E-state index < -0.39 is 7.28 Å². The molecule has 0 aliphatic carbocycles. The Balaban J connectivity index is 4.19. The summed E-state index contributed by atoms with van der Waals surface area (Å²) < 4.78 is 4.96. The Morgan fingerprint density at radius 1 is 1.10 bits per heavy atom. The van der Waals surface area contributed by atoms with E-state index in [9.17, 15) is 9.79 Å². The monoisotopic (exact) mass is 168 g/mol. The molecule has 0 aromatic rings. The van der Waals surface area contributed by atoms with Crippen LogP contribution in [0, 0.1) is 0 Å². The second-order valence-electron chi connectivity index (χ2n) is 2.35. The van der Waals surface area contributed by atoms with Crippen molar-refractivity contribution < 1.29 is 14.3 Å². The first kappa shape index (κ1) is 10.3. The number of hydrogen-bond acceptors (Lipinski definition) is 3. The molecule has 0 aliphatic rings. The normalized spacial score (nSPS) is 16.3. The first-order valence-electron chi connectivity index (χ1n) is 3.63. The fourth-order valence-electron chi connectivity index (χ4n) is 0.704. The number of hydrogen-bond donors (Lipinski definition) is 2. The molecule has 0 saturated carbocycles. The van der Waals surface area contributed by atoms with Gasteiger partial charge in [0.25, 0.3) is 0 Å². The summed E-state index contributed by atoms with van der Waals surface area (Å²) in [5.74, 6) is 0. The fraction of sp³-hybridized carbons (Fsp3) is 1.00.